The monoisotopic (exact) mass is 267 g/mol. The summed E-state index contributed by atoms with van der Waals surface area (Å²) in [7, 11) is 1.74. The van der Waals surface area contributed by atoms with Gasteiger partial charge < -0.3 is 9.64 Å². The molecule has 0 bridgehead atoms. The highest BCUT2D eigenvalue weighted by atomic mass is 35.5. The zero-order valence-electron chi connectivity index (χ0n) is 10.8. The number of nitrogens with zero attached hydrogens (tertiary/aromatic N) is 1. The lowest BCUT2D eigenvalue weighted by Gasteiger charge is -2.41. The summed E-state index contributed by atoms with van der Waals surface area (Å²) in [5.74, 6) is 0. The van der Waals surface area contributed by atoms with E-state index in [1.54, 1.807) is 13.2 Å². The van der Waals surface area contributed by atoms with Crippen molar-refractivity contribution in [2.75, 3.05) is 25.1 Å². The van der Waals surface area contributed by atoms with E-state index in [4.69, 9.17) is 16.3 Å². The van der Waals surface area contributed by atoms with Gasteiger partial charge in [-0.1, -0.05) is 17.7 Å². The number of carbonyl (C=O) groups excluding carboxylic acids is 1. The first kappa shape index (κ1) is 13.4. The van der Waals surface area contributed by atoms with Crippen molar-refractivity contribution >= 4 is 23.6 Å². The maximum absolute atomic E-state index is 11.2. The van der Waals surface area contributed by atoms with Gasteiger partial charge in [0.15, 0.2) is 6.29 Å². The van der Waals surface area contributed by atoms with Crippen molar-refractivity contribution in [2.45, 2.75) is 25.4 Å². The van der Waals surface area contributed by atoms with Gasteiger partial charge in [-0.05, 0) is 31.9 Å². The van der Waals surface area contributed by atoms with Crippen molar-refractivity contribution in [1.29, 1.82) is 0 Å². The number of hydrogen-bond acceptors (Lipinski definition) is 3. The van der Waals surface area contributed by atoms with E-state index in [0.717, 1.165) is 37.9 Å². The van der Waals surface area contributed by atoms with Gasteiger partial charge in [0.05, 0.1) is 16.2 Å². The van der Waals surface area contributed by atoms with E-state index < -0.39 is 0 Å². The Morgan fingerprint density at radius 1 is 1.50 bits per heavy atom. The molecule has 98 valence electrons. The highest BCUT2D eigenvalue weighted by Crippen LogP contribution is 2.32. The van der Waals surface area contributed by atoms with Crippen LogP contribution in [0.3, 0.4) is 0 Å². The van der Waals surface area contributed by atoms with Crippen LogP contribution in [-0.2, 0) is 4.74 Å². The molecule has 1 aliphatic rings. The van der Waals surface area contributed by atoms with Crippen LogP contribution in [0.25, 0.3) is 0 Å². The maximum atomic E-state index is 11.2. The summed E-state index contributed by atoms with van der Waals surface area (Å²) in [6.45, 7) is 3.81. The Morgan fingerprint density at radius 2 is 2.28 bits per heavy atom. The molecule has 1 atom stereocenters. The number of anilines is 1. The lowest BCUT2D eigenvalue weighted by molar-refractivity contribution is -0.00467. The van der Waals surface area contributed by atoms with Gasteiger partial charge in [-0.2, -0.15) is 0 Å². The van der Waals surface area contributed by atoms with Crippen molar-refractivity contribution in [1.82, 2.24) is 0 Å². The van der Waals surface area contributed by atoms with Crippen molar-refractivity contribution in [3.8, 4) is 0 Å². The number of ether oxygens (including phenoxy) is 1. The number of rotatable bonds is 3. The van der Waals surface area contributed by atoms with Crippen molar-refractivity contribution < 1.29 is 9.53 Å². The molecule has 0 saturated carbocycles. The molecule has 3 nitrogen and oxygen atoms in total. The summed E-state index contributed by atoms with van der Waals surface area (Å²) in [4.78, 5) is 13.4. The molecule has 1 saturated heterocycles. The molecule has 1 heterocycles. The average Bonchev–Trinajstić information content (AvgIpc) is 2.38. The molecule has 1 unspecified atom stereocenters. The number of benzene rings is 1. The molecule has 2 rings (SSSR count). The normalized spacial score (nSPS) is 24.1. The maximum Gasteiger partial charge on any atom is 0.153 e. The van der Waals surface area contributed by atoms with E-state index in [1.165, 1.54) is 0 Å². The summed E-state index contributed by atoms with van der Waals surface area (Å²) in [6, 6.07) is 5.56. The fraction of sp³-hybridized carbons (Fsp3) is 0.500. The largest absolute Gasteiger partial charge is 0.377 e. The minimum Gasteiger partial charge on any atom is -0.377 e. The zero-order chi connectivity index (χ0) is 13.2. The van der Waals surface area contributed by atoms with Gasteiger partial charge in [0.2, 0.25) is 0 Å². The first-order valence-corrected chi connectivity index (χ1v) is 6.51. The summed E-state index contributed by atoms with van der Waals surface area (Å²) in [5.41, 5.74) is 1.32. The average molecular weight is 268 g/mol. The van der Waals surface area contributed by atoms with Crippen molar-refractivity contribution in [3.05, 3.63) is 28.8 Å². The van der Waals surface area contributed by atoms with Gasteiger partial charge in [0.25, 0.3) is 0 Å². The van der Waals surface area contributed by atoms with Gasteiger partial charge in [-0.3, -0.25) is 4.79 Å². The van der Waals surface area contributed by atoms with E-state index in [-0.39, 0.29) is 5.60 Å². The predicted octanol–water partition coefficient (Wildman–Crippen LogP) is 3.16. The van der Waals surface area contributed by atoms with Crippen LogP contribution in [0.15, 0.2) is 18.2 Å². The SMILES string of the molecule is COC1(C)CCCN(c2cccc(Cl)c2C=O)C1. The molecule has 0 spiro atoms. The van der Waals surface area contributed by atoms with Gasteiger partial charge in [0, 0.05) is 25.9 Å². The number of methoxy groups -OCH3 is 1. The Kier molecular flexibility index (Phi) is 3.93. The molecular weight excluding hydrogens is 250 g/mol. The molecule has 1 fully saturated rings. The molecule has 18 heavy (non-hydrogen) atoms. The summed E-state index contributed by atoms with van der Waals surface area (Å²) in [6.07, 6.45) is 2.92. The van der Waals surface area contributed by atoms with Gasteiger partial charge in [-0.15, -0.1) is 0 Å². The van der Waals surface area contributed by atoms with E-state index >= 15 is 0 Å². The first-order valence-electron chi connectivity index (χ1n) is 6.13. The topological polar surface area (TPSA) is 29.5 Å². The van der Waals surface area contributed by atoms with Crippen LogP contribution >= 0.6 is 11.6 Å². The third kappa shape index (κ3) is 2.52. The first-order chi connectivity index (χ1) is 8.59. The Labute approximate surface area is 113 Å². The van der Waals surface area contributed by atoms with Crippen LogP contribution < -0.4 is 4.90 Å². The summed E-state index contributed by atoms with van der Waals surface area (Å²) < 4.78 is 5.57. The van der Waals surface area contributed by atoms with E-state index in [2.05, 4.69) is 11.8 Å². The minimum absolute atomic E-state index is 0.152. The highest BCUT2D eigenvalue weighted by molar-refractivity contribution is 6.33. The van der Waals surface area contributed by atoms with Gasteiger partial charge in [0.1, 0.15) is 0 Å². The quantitative estimate of drug-likeness (QED) is 0.788. The molecule has 4 heteroatoms. The van der Waals surface area contributed by atoms with Crippen LogP contribution in [0.5, 0.6) is 0 Å². The fourth-order valence-electron chi connectivity index (χ4n) is 2.50. The molecule has 1 aromatic rings. The Bertz CT molecular complexity index is 449. The zero-order valence-corrected chi connectivity index (χ0v) is 11.5. The molecule has 0 aromatic heterocycles. The second-order valence-electron chi connectivity index (χ2n) is 4.97. The number of aldehydes is 1. The van der Waals surface area contributed by atoms with Crippen molar-refractivity contribution in [3.63, 3.8) is 0 Å². The third-order valence-electron chi connectivity index (χ3n) is 3.64. The molecule has 0 aliphatic carbocycles. The Balaban J connectivity index is 2.31. The van der Waals surface area contributed by atoms with Crippen molar-refractivity contribution in [2.24, 2.45) is 0 Å². The highest BCUT2D eigenvalue weighted by Gasteiger charge is 2.31. The van der Waals surface area contributed by atoms with E-state index in [1.807, 2.05) is 12.1 Å². The minimum atomic E-state index is -0.152. The Morgan fingerprint density at radius 3 is 2.94 bits per heavy atom. The predicted molar refractivity (Wildman–Crippen MR) is 73.7 cm³/mol. The molecular formula is C14H18ClNO2. The van der Waals surface area contributed by atoms with E-state index in [9.17, 15) is 4.79 Å². The van der Waals surface area contributed by atoms with Crippen LogP contribution in [0, 0.1) is 0 Å². The summed E-state index contributed by atoms with van der Waals surface area (Å²) >= 11 is 6.06. The van der Waals surface area contributed by atoms with Gasteiger partial charge in [-0.25, -0.2) is 0 Å². The number of carbonyl (C=O) groups is 1. The second kappa shape index (κ2) is 5.29. The Hall–Kier alpha value is -1.06. The lowest BCUT2D eigenvalue weighted by atomic mass is 9.94. The molecule has 0 amide bonds. The van der Waals surface area contributed by atoms with Crippen LogP contribution in [0.1, 0.15) is 30.1 Å². The number of piperidine rings is 1. The van der Waals surface area contributed by atoms with E-state index in [0.29, 0.717) is 10.6 Å². The fourth-order valence-corrected chi connectivity index (χ4v) is 2.71. The summed E-state index contributed by atoms with van der Waals surface area (Å²) in [5, 5.41) is 0.507. The molecule has 0 radical (unpaired) electrons. The molecule has 0 N–H and O–H groups in total. The molecule has 1 aliphatic heterocycles. The standard InChI is InChI=1S/C14H18ClNO2/c1-14(18-2)7-4-8-16(10-14)13-6-3-5-12(15)11(13)9-17/h3,5-6,9H,4,7-8,10H2,1-2H3. The van der Waals surface area contributed by atoms with Gasteiger partial charge >= 0.3 is 0 Å². The number of hydrogen-bond donors (Lipinski definition) is 0. The number of halogens is 1. The van der Waals surface area contributed by atoms with Crippen LogP contribution in [0.4, 0.5) is 5.69 Å². The second-order valence-corrected chi connectivity index (χ2v) is 5.38. The lowest BCUT2D eigenvalue weighted by Crippen LogP contribution is -2.47. The van der Waals surface area contributed by atoms with Crippen LogP contribution in [-0.4, -0.2) is 32.1 Å². The molecule has 1 aromatic carbocycles. The third-order valence-corrected chi connectivity index (χ3v) is 3.97. The van der Waals surface area contributed by atoms with Crippen LogP contribution in [0.2, 0.25) is 5.02 Å². The smallest absolute Gasteiger partial charge is 0.153 e.